The zero-order valence-electron chi connectivity index (χ0n) is 12.2. The quantitative estimate of drug-likeness (QED) is 0.701. The van der Waals surface area contributed by atoms with E-state index in [4.69, 9.17) is 9.84 Å². The van der Waals surface area contributed by atoms with Gasteiger partial charge in [0.25, 0.3) is 0 Å². The fourth-order valence-corrected chi connectivity index (χ4v) is 2.09. The van der Waals surface area contributed by atoms with Crippen LogP contribution in [-0.2, 0) is 4.74 Å². The fourth-order valence-electron chi connectivity index (χ4n) is 2.09. The van der Waals surface area contributed by atoms with Crippen molar-refractivity contribution in [1.29, 1.82) is 0 Å². The van der Waals surface area contributed by atoms with Crippen molar-refractivity contribution in [1.82, 2.24) is 9.97 Å². The predicted octanol–water partition coefficient (Wildman–Crippen LogP) is 1.45. The van der Waals surface area contributed by atoms with E-state index in [1.54, 1.807) is 0 Å². The summed E-state index contributed by atoms with van der Waals surface area (Å²) in [6.07, 6.45) is 1.00. The van der Waals surface area contributed by atoms with Crippen LogP contribution in [0.25, 0.3) is 0 Å². The van der Waals surface area contributed by atoms with E-state index in [1.807, 2.05) is 6.07 Å². The van der Waals surface area contributed by atoms with Gasteiger partial charge in [-0.1, -0.05) is 13.8 Å². The van der Waals surface area contributed by atoms with Gasteiger partial charge in [-0.2, -0.15) is 4.98 Å². The Morgan fingerprint density at radius 1 is 1.40 bits per heavy atom. The first kappa shape index (κ1) is 15.0. The van der Waals surface area contributed by atoms with Crippen molar-refractivity contribution in [3.63, 3.8) is 0 Å². The third-order valence-corrected chi connectivity index (χ3v) is 3.18. The zero-order valence-corrected chi connectivity index (χ0v) is 12.2. The molecule has 0 aliphatic carbocycles. The second-order valence-corrected chi connectivity index (χ2v) is 5.49. The van der Waals surface area contributed by atoms with Crippen molar-refractivity contribution in [2.45, 2.75) is 26.2 Å². The predicted molar refractivity (Wildman–Crippen MR) is 79.1 cm³/mol. The van der Waals surface area contributed by atoms with Crippen LogP contribution in [0.1, 0.15) is 31.9 Å². The number of aliphatic hydroxyl groups is 1. The minimum Gasteiger partial charge on any atom is -0.395 e. The van der Waals surface area contributed by atoms with Crippen LogP contribution in [0.2, 0.25) is 0 Å². The molecule has 0 amide bonds. The maximum absolute atomic E-state index is 8.90. The molecule has 1 aromatic rings. The summed E-state index contributed by atoms with van der Waals surface area (Å²) in [5.74, 6) is 2.29. The highest BCUT2D eigenvalue weighted by molar-refractivity contribution is 5.43. The maximum atomic E-state index is 8.90. The smallest absolute Gasteiger partial charge is 0.224 e. The summed E-state index contributed by atoms with van der Waals surface area (Å²) in [4.78, 5) is 8.96. The summed E-state index contributed by atoms with van der Waals surface area (Å²) in [5.41, 5.74) is 1.00. The average Bonchev–Trinajstić information content (AvgIpc) is 2.97. The van der Waals surface area contributed by atoms with E-state index < -0.39 is 0 Å². The number of hydrogen-bond acceptors (Lipinski definition) is 6. The average molecular weight is 280 g/mol. The van der Waals surface area contributed by atoms with Crippen molar-refractivity contribution >= 4 is 11.8 Å². The van der Waals surface area contributed by atoms with Crippen molar-refractivity contribution < 1.29 is 9.84 Å². The first-order chi connectivity index (χ1) is 9.69. The van der Waals surface area contributed by atoms with Crippen molar-refractivity contribution in [2.75, 3.05) is 43.5 Å². The summed E-state index contributed by atoms with van der Waals surface area (Å²) in [7, 11) is 0. The van der Waals surface area contributed by atoms with E-state index in [1.165, 1.54) is 0 Å². The topological polar surface area (TPSA) is 79.3 Å². The number of anilines is 2. The molecule has 1 atom stereocenters. The number of nitrogens with zero attached hydrogens (tertiary/aromatic N) is 2. The molecule has 1 aliphatic heterocycles. The lowest BCUT2D eigenvalue weighted by atomic mass is 10.0. The molecule has 0 spiro atoms. The van der Waals surface area contributed by atoms with Crippen molar-refractivity contribution in [3.05, 3.63) is 11.8 Å². The molecule has 0 bridgehead atoms. The van der Waals surface area contributed by atoms with E-state index in [0.717, 1.165) is 37.7 Å². The van der Waals surface area contributed by atoms with Crippen LogP contribution < -0.4 is 10.6 Å². The van der Waals surface area contributed by atoms with E-state index in [-0.39, 0.29) is 6.61 Å². The SMILES string of the molecule is CC(C)CNc1cc([C@H]2CCOC2)nc(NCCO)n1. The second kappa shape index (κ2) is 7.40. The van der Waals surface area contributed by atoms with Gasteiger partial charge in [-0.15, -0.1) is 0 Å². The highest BCUT2D eigenvalue weighted by atomic mass is 16.5. The van der Waals surface area contributed by atoms with Gasteiger partial charge in [0.2, 0.25) is 5.95 Å². The van der Waals surface area contributed by atoms with Gasteiger partial charge >= 0.3 is 0 Å². The summed E-state index contributed by atoms with van der Waals surface area (Å²) < 4.78 is 5.43. The number of aliphatic hydroxyl groups excluding tert-OH is 1. The third kappa shape index (κ3) is 4.31. The summed E-state index contributed by atoms with van der Waals surface area (Å²) >= 11 is 0. The Hall–Kier alpha value is -1.40. The Bertz CT molecular complexity index is 420. The minimum atomic E-state index is 0.0644. The number of nitrogens with one attached hydrogen (secondary N) is 2. The van der Waals surface area contributed by atoms with Crippen LogP contribution >= 0.6 is 0 Å². The minimum absolute atomic E-state index is 0.0644. The fraction of sp³-hybridized carbons (Fsp3) is 0.714. The number of ether oxygens (including phenoxy) is 1. The lowest BCUT2D eigenvalue weighted by molar-refractivity contribution is 0.193. The van der Waals surface area contributed by atoms with Gasteiger partial charge in [0.15, 0.2) is 0 Å². The molecule has 0 unspecified atom stereocenters. The molecule has 0 radical (unpaired) electrons. The molecule has 6 nitrogen and oxygen atoms in total. The lowest BCUT2D eigenvalue weighted by Crippen LogP contribution is -2.15. The van der Waals surface area contributed by atoms with Crippen molar-refractivity contribution in [2.24, 2.45) is 5.92 Å². The van der Waals surface area contributed by atoms with Crippen LogP contribution in [0.3, 0.4) is 0 Å². The molecule has 1 saturated heterocycles. The lowest BCUT2D eigenvalue weighted by Gasteiger charge is -2.14. The van der Waals surface area contributed by atoms with E-state index in [2.05, 4.69) is 34.4 Å². The molecular formula is C14H24N4O2. The molecule has 2 rings (SSSR count). The number of hydrogen-bond donors (Lipinski definition) is 3. The Kier molecular flexibility index (Phi) is 5.55. The molecule has 2 heterocycles. The first-order valence-electron chi connectivity index (χ1n) is 7.24. The van der Waals surface area contributed by atoms with Crippen LogP contribution in [-0.4, -0.2) is 48.0 Å². The normalized spacial score (nSPS) is 18.5. The zero-order chi connectivity index (χ0) is 14.4. The summed E-state index contributed by atoms with van der Waals surface area (Å²) in [6.45, 7) is 7.22. The molecule has 112 valence electrons. The van der Waals surface area contributed by atoms with Gasteiger partial charge in [-0.25, -0.2) is 4.98 Å². The molecule has 6 heteroatoms. The van der Waals surface area contributed by atoms with Gasteiger partial charge in [0, 0.05) is 31.7 Å². The van der Waals surface area contributed by atoms with Gasteiger partial charge < -0.3 is 20.5 Å². The largest absolute Gasteiger partial charge is 0.395 e. The molecular weight excluding hydrogens is 256 g/mol. The monoisotopic (exact) mass is 280 g/mol. The Labute approximate surface area is 120 Å². The molecule has 0 saturated carbocycles. The second-order valence-electron chi connectivity index (χ2n) is 5.49. The molecule has 3 N–H and O–H groups in total. The maximum Gasteiger partial charge on any atom is 0.224 e. The van der Waals surface area contributed by atoms with E-state index in [0.29, 0.717) is 24.3 Å². The van der Waals surface area contributed by atoms with Gasteiger partial charge in [0.05, 0.1) is 18.9 Å². The van der Waals surface area contributed by atoms with Crippen LogP contribution in [0.5, 0.6) is 0 Å². The Morgan fingerprint density at radius 3 is 2.90 bits per heavy atom. The Morgan fingerprint density at radius 2 is 2.25 bits per heavy atom. The number of rotatable bonds is 7. The van der Waals surface area contributed by atoms with Gasteiger partial charge in [0.1, 0.15) is 5.82 Å². The van der Waals surface area contributed by atoms with Crippen LogP contribution in [0.4, 0.5) is 11.8 Å². The molecule has 1 aromatic heterocycles. The third-order valence-electron chi connectivity index (χ3n) is 3.18. The molecule has 0 aromatic carbocycles. The van der Waals surface area contributed by atoms with E-state index >= 15 is 0 Å². The standard InChI is InChI=1S/C14H24N4O2/c1-10(2)8-16-13-7-12(11-3-6-20-9-11)17-14(18-13)15-4-5-19/h7,10-11,19H,3-6,8-9H2,1-2H3,(H2,15,16,17,18)/t11-/m0/s1. The first-order valence-corrected chi connectivity index (χ1v) is 7.24. The Balaban J connectivity index is 2.14. The van der Waals surface area contributed by atoms with Crippen LogP contribution in [0, 0.1) is 5.92 Å². The molecule has 20 heavy (non-hydrogen) atoms. The van der Waals surface area contributed by atoms with Gasteiger partial charge in [-0.05, 0) is 12.3 Å². The van der Waals surface area contributed by atoms with E-state index in [9.17, 15) is 0 Å². The summed E-state index contributed by atoms with van der Waals surface area (Å²) in [6, 6.07) is 2.01. The highest BCUT2D eigenvalue weighted by Crippen LogP contribution is 2.26. The number of aromatic nitrogens is 2. The summed E-state index contributed by atoms with van der Waals surface area (Å²) in [5, 5.41) is 15.3. The molecule has 1 fully saturated rings. The van der Waals surface area contributed by atoms with Crippen LogP contribution in [0.15, 0.2) is 6.07 Å². The molecule has 1 aliphatic rings. The van der Waals surface area contributed by atoms with Gasteiger partial charge in [-0.3, -0.25) is 0 Å². The van der Waals surface area contributed by atoms with Crippen molar-refractivity contribution in [3.8, 4) is 0 Å². The highest BCUT2D eigenvalue weighted by Gasteiger charge is 2.20.